The normalized spacial score (nSPS) is 11.1. The van der Waals surface area contributed by atoms with Crippen LogP contribution in [-0.4, -0.2) is 27.5 Å². The molecule has 3 aromatic carbocycles. The number of rotatable bonds is 8. The Bertz CT molecular complexity index is 1140. The first-order valence-corrected chi connectivity index (χ1v) is 11.1. The van der Waals surface area contributed by atoms with Gasteiger partial charge in [-0.2, -0.15) is 0 Å². The zero-order valence-electron chi connectivity index (χ0n) is 17.5. The molecule has 3 rings (SSSR count). The van der Waals surface area contributed by atoms with Crippen molar-refractivity contribution < 1.29 is 22.7 Å². The van der Waals surface area contributed by atoms with E-state index in [1.54, 1.807) is 24.3 Å². The lowest BCUT2D eigenvalue weighted by atomic mass is 10.2. The number of hydrogen-bond donors (Lipinski definition) is 2. The molecule has 7 nitrogen and oxygen atoms in total. The van der Waals surface area contributed by atoms with Gasteiger partial charge in [0.15, 0.2) is 0 Å². The van der Waals surface area contributed by atoms with Crippen LogP contribution >= 0.6 is 0 Å². The molecule has 162 valence electrons. The summed E-state index contributed by atoms with van der Waals surface area (Å²) in [6.07, 6.45) is 0. The minimum atomic E-state index is -3.92. The Balaban J connectivity index is 1.79. The van der Waals surface area contributed by atoms with E-state index in [1.807, 2.05) is 44.2 Å². The third-order valence-corrected chi connectivity index (χ3v) is 5.61. The maximum Gasteiger partial charge on any atom is 0.261 e. The van der Waals surface area contributed by atoms with Crippen LogP contribution in [0.25, 0.3) is 0 Å². The summed E-state index contributed by atoms with van der Waals surface area (Å²) in [5, 5.41) is 2.74. The standard InChI is InChI=1S/C23H24N2O5S/c1-16(2)24-23(26)21-15-20(13-14-22(21)29-3)31(27,28)25-17-9-11-19(12-10-17)30-18-7-5-4-6-8-18/h4-16,25H,1-3H3,(H,24,26). The molecule has 31 heavy (non-hydrogen) atoms. The summed E-state index contributed by atoms with van der Waals surface area (Å²) in [6.45, 7) is 3.63. The summed E-state index contributed by atoms with van der Waals surface area (Å²) in [7, 11) is -2.50. The van der Waals surface area contributed by atoms with Crippen molar-refractivity contribution in [2.24, 2.45) is 0 Å². The topological polar surface area (TPSA) is 93.7 Å². The van der Waals surface area contributed by atoms with Gasteiger partial charge in [-0.1, -0.05) is 18.2 Å². The number of sulfonamides is 1. The van der Waals surface area contributed by atoms with Crippen molar-refractivity contribution in [2.75, 3.05) is 11.8 Å². The molecule has 0 aliphatic rings. The fourth-order valence-corrected chi connectivity index (χ4v) is 3.89. The Hall–Kier alpha value is -3.52. The van der Waals surface area contributed by atoms with E-state index in [4.69, 9.17) is 9.47 Å². The van der Waals surface area contributed by atoms with Crippen LogP contribution in [0.1, 0.15) is 24.2 Å². The third-order valence-electron chi connectivity index (χ3n) is 4.23. The molecular formula is C23H24N2O5S. The lowest BCUT2D eigenvalue weighted by Gasteiger charge is -2.14. The summed E-state index contributed by atoms with van der Waals surface area (Å²) in [5.74, 6) is 1.14. The van der Waals surface area contributed by atoms with Crippen LogP contribution in [0, 0.1) is 0 Å². The summed E-state index contributed by atoms with van der Waals surface area (Å²) in [6, 6.07) is 19.9. The predicted molar refractivity (Wildman–Crippen MR) is 119 cm³/mol. The first-order valence-electron chi connectivity index (χ1n) is 9.63. The fraction of sp³-hybridized carbons (Fsp3) is 0.174. The van der Waals surface area contributed by atoms with Gasteiger partial charge in [0, 0.05) is 11.7 Å². The average Bonchev–Trinajstić information content (AvgIpc) is 2.74. The van der Waals surface area contributed by atoms with Gasteiger partial charge in [-0.3, -0.25) is 9.52 Å². The molecule has 0 saturated carbocycles. The van der Waals surface area contributed by atoms with Gasteiger partial charge in [-0.05, 0) is 68.4 Å². The number of nitrogens with one attached hydrogen (secondary N) is 2. The van der Waals surface area contributed by atoms with E-state index in [-0.39, 0.29) is 16.5 Å². The Kier molecular flexibility index (Phi) is 6.81. The van der Waals surface area contributed by atoms with Crippen molar-refractivity contribution in [3.05, 3.63) is 78.4 Å². The largest absolute Gasteiger partial charge is 0.496 e. The number of para-hydroxylation sites is 1. The highest BCUT2D eigenvalue weighted by molar-refractivity contribution is 7.92. The van der Waals surface area contributed by atoms with Gasteiger partial charge in [0.1, 0.15) is 17.2 Å². The minimum Gasteiger partial charge on any atom is -0.496 e. The maximum atomic E-state index is 12.9. The molecule has 0 heterocycles. The third kappa shape index (κ3) is 5.76. The van der Waals surface area contributed by atoms with Gasteiger partial charge < -0.3 is 14.8 Å². The second-order valence-electron chi connectivity index (χ2n) is 7.04. The van der Waals surface area contributed by atoms with Crippen molar-refractivity contribution in [2.45, 2.75) is 24.8 Å². The monoisotopic (exact) mass is 440 g/mol. The predicted octanol–water partition coefficient (Wildman–Crippen LogP) is 4.43. The summed E-state index contributed by atoms with van der Waals surface area (Å²) in [5.41, 5.74) is 0.509. The highest BCUT2D eigenvalue weighted by Crippen LogP contribution is 2.26. The van der Waals surface area contributed by atoms with Crippen LogP contribution < -0.4 is 19.5 Å². The molecule has 0 aliphatic carbocycles. The quantitative estimate of drug-likeness (QED) is 0.541. The van der Waals surface area contributed by atoms with Crippen molar-refractivity contribution in [3.63, 3.8) is 0 Å². The van der Waals surface area contributed by atoms with E-state index in [9.17, 15) is 13.2 Å². The molecule has 0 atom stereocenters. The summed E-state index contributed by atoms with van der Waals surface area (Å²) < 4.78 is 39.2. The smallest absolute Gasteiger partial charge is 0.261 e. The van der Waals surface area contributed by atoms with E-state index in [2.05, 4.69) is 10.0 Å². The average molecular weight is 441 g/mol. The van der Waals surface area contributed by atoms with Crippen molar-refractivity contribution in [3.8, 4) is 17.2 Å². The second kappa shape index (κ2) is 9.53. The van der Waals surface area contributed by atoms with Crippen LogP contribution in [0.4, 0.5) is 5.69 Å². The van der Waals surface area contributed by atoms with E-state index in [0.717, 1.165) is 0 Å². The van der Waals surface area contributed by atoms with E-state index < -0.39 is 15.9 Å². The molecule has 0 bridgehead atoms. The lowest BCUT2D eigenvalue weighted by molar-refractivity contribution is 0.0940. The van der Waals surface area contributed by atoms with Crippen molar-refractivity contribution in [1.29, 1.82) is 0 Å². The van der Waals surface area contributed by atoms with Crippen molar-refractivity contribution in [1.82, 2.24) is 5.32 Å². The van der Waals surface area contributed by atoms with Gasteiger partial charge in [-0.15, -0.1) is 0 Å². The highest BCUT2D eigenvalue weighted by atomic mass is 32.2. The van der Waals surface area contributed by atoms with Crippen LogP contribution in [0.5, 0.6) is 17.2 Å². The molecule has 0 radical (unpaired) electrons. The number of methoxy groups -OCH3 is 1. The van der Waals surface area contributed by atoms with Gasteiger partial charge in [-0.25, -0.2) is 8.42 Å². The number of amides is 1. The number of hydrogen-bond acceptors (Lipinski definition) is 5. The fourth-order valence-electron chi connectivity index (χ4n) is 2.80. The summed E-state index contributed by atoms with van der Waals surface area (Å²) in [4.78, 5) is 12.4. The Morgan fingerprint density at radius 2 is 1.55 bits per heavy atom. The Morgan fingerprint density at radius 1 is 0.903 bits per heavy atom. The Morgan fingerprint density at radius 3 is 2.16 bits per heavy atom. The van der Waals surface area contributed by atoms with E-state index >= 15 is 0 Å². The SMILES string of the molecule is COc1ccc(S(=O)(=O)Nc2ccc(Oc3ccccc3)cc2)cc1C(=O)NC(C)C. The lowest BCUT2D eigenvalue weighted by Crippen LogP contribution is -2.30. The molecule has 2 N–H and O–H groups in total. The molecule has 0 aromatic heterocycles. The number of benzene rings is 3. The van der Waals surface area contributed by atoms with Crippen LogP contribution in [0.15, 0.2) is 77.7 Å². The molecule has 1 amide bonds. The zero-order chi connectivity index (χ0) is 22.4. The van der Waals surface area contributed by atoms with Crippen LogP contribution in [-0.2, 0) is 10.0 Å². The number of carbonyl (C=O) groups is 1. The van der Waals surface area contributed by atoms with Crippen LogP contribution in [0.3, 0.4) is 0 Å². The first-order chi connectivity index (χ1) is 14.8. The Labute approximate surface area is 182 Å². The molecule has 0 fully saturated rings. The zero-order valence-corrected chi connectivity index (χ0v) is 18.3. The number of carbonyl (C=O) groups excluding carboxylic acids is 1. The number of ether oxygens (including phenoxy) is 2. The molecular weight excluding hydrogens is 416 g/mol. The molecule has 8 heteroatoms. The molecule has 0 unspecified atom stereocenters. The van der Waals surface area contributed by atoms with Gasteiger partial charge in [0.05, 0.1) is 17.6 Å². The first kappa shape index (κ1) is 22.2. The molecule has 0 spiro atoms. The number of anilines is 1. The van der Waals surface area contributed by atoms with E-state index in [0.29, 0.717) is 22.9 Å². The van der Waals surface area contributed by atoms with Gasteiger partial charge in [0.25, 0.3) is 15.9 Å². The highest BCUT2D eigenvalue weighted by Gasteiger charge is 2.20. The summed E-state index contributed by atoms with van der Waals surface area (Å²) >= 11 is 0. The van der Waals surface area contributed by atoms with Crippen LogP contribution in [0.2, 0.25) is 0 Å². The minimum absolute atomic E-state index is 0.0492. The van der Waals surface area contributed by atoms with Crippen molar-refractivity contribution >= 4 is 21.6 Å². The molecule has 0 aliphatic heterocycles. The van der Waals surface area contributed by atoms with Gasteiger partial charge in [0.2, 0.25) is 0 Å². The maximum absolute atomic E-state index is 12.9. The molecule has 0 saturated heterocycles. The molecule has 3 aromatic rings. The second-order valence-corrected chi connectivity index (χ2v) is 8.72. The van der Waals surface area contributed by atoms with E-state index in [1.165, 1.54) is 25.3 Å². The van der Waals surface area contributed by atoms with Gasteiger partial charge >= 0.3 is 0 Å².